The summed E-state index contributed by atoms with van der Waals surface area (Å²) in [5, 5.41) is 8.58. The van der Waals surface area contributed by atoms with Crippen LogP contribution in [-0.4, -0.2) is 6.29 Å². The van der Waals surface area contributed by atoms with Crippen molar-refractivity contribution in [3.05, 3.63) is 0 Å². The second-order valence-electron chi connectivity index (χ2n) is 2.82. The summed E-state index contributed by atoms with van der Waals surface area (Å²) >= 11 is 0. The molecule has 0 radical (unpaired) electrons. The van der Waals surface area contributed by atoms with Crippen molar-refractivity contribution in [1.82, 2.24) is 0 Å². The van der Waals surface area contributed by atoms with Crippen LogP contribution in [0.2, 0.25) is 0 Å². The Kier molecular flexibility index (Phi) is 2.44. The maximum Gasteiger partial charge on any atom is 0.124 e. The van der Waals surface area contributed by atoms with Crippen LogP contribution in [0, 0.1) is 23.2 Å². The van der Waals surface area contributed by atoms with Crippen molar-refractivity contribution >= 4 is 6.29 Å². The fraction of sp³-hybridized carbons (Fsp3) is 0.750. The lowest BCUT2D eigenvalue weighted by Crippen LogP contribution is -2.18. The Hall–Kier alpha value is -0.840. The van der Waals surface area contributed by atoms with Crippen LogP contribution in [-0.2, 0) is 4.79 Å². The Balaban J connectivity index is 2.51. The standard InChI is InChI=1S/C8H11NO/c9-5-7-3-1-2-4-8(7)6-10/h6-8H,1-4H2. The SMILES string of the molecule is N#CC1CCCCC1C=O. The van der Waals surface area contributed by atoms with E-state index in [1.54, 1.807) is 0 Å². The number of hydrogen-bond acceptors (Lipinski definition) is 2. The van der Waals surface area contributed by atoms with E-state index in [0.717, 1.165) is 32.0 Å². The van der Waals surface area contributed by atoms with Crippen LogP contribution in [0.1, 0.15) is 25.7 Å². The van der Waals surface area contributed by atoms with Gasteiger partial charge in [0, 0.05) is 5.92 Å². The number of aldehydes is 1. The van der Waals surface area contributed by atoms with Crippen molar-refractivity contribution in [1.29, 1.82) is 5.26 Å². The average Bonchev–Trinajstić information content (AvgIpc) is 2.04. The van der Waals surface area contributed by atoms with E-state index in [1.807, 2.05) is 0 Å². The van der Waals surface area contributed by atoms with Crippen molar-refractivity contribution in [3.8, 4) is 6.07 Å². The van der Waals surface area contributed by atoms with Crippen molar-refractivity contribution in [2.45, 2.75) is 25.7 Å². The summed E-state index contributed by atoms with van der Waals surface area (Å²) in [5.41, 5.74) is 0. The Morgan fingerprint density at radius 3 is 2.60 bits per heavy atom. The Bertz CT molecular complexity index is 159. The third-order valence-corrected chi connectivity index (χ3v) is 2.16. The molecule has 0 spiro atoms. The van der Waals surface area contributed by atoms with Crippen molar-refractivity contribution in [2.24, 2.45) is 11.8 Å². The topological polar surface area (TPSA) is 40.9 Å². The van der Waals surface area contributed by atoms with E-state index in [1.165, 1.54) is 0 Å². The largest absolute Gasteiger partial charge is 0.303 e. The molecule has 0 saturated heterocycles. The number of rotatable bonds is 1. The minimum atomic E-state index is 0.00579. The molecular formula is C8H11NO. The quantitative estimate of drug-likeness (QED) is 0.514. The molecule has 0 N–H and O–H groups in total. The molecule has 2 atom stereocenters. The maximum absolute atomic E-state index is 10.4. The van der Waals surface area contributed by atoms with Crippen LogP contribution >= 0.6 is 0 Å². The molecule has 54 valence electrons. The second-order valence-corrected chi connectivity index (χ2v) is 2.82. The summed E-state index contributed by atoms with van der Waals surface area (Å²) in [7, 11) is 0. The third kappa shape index (κ3) is 1.36. The number of nitrogens with zero attached hydrogens (tertiary/aromatic N) is 1. The zero-order valence-electron chi connectivity index (χ0n) is 5.92. The number of nitriles is 1. The minimum Gasteiger partial charge on any atom is -0.303 e. The summed E-state index contributed by atoms with van der Waals surface area (Å²) in [6.07, 6.45) is 5.00. The van der Waals surface area contributed by atoms with Gasteiger partial charge in [0.05, 0.1) is 12.0 Å². The molecule has 1 aliphatic carbocycles. The molecule has 1 rings (SSSR count). The molecule has 10 heavy (non-hydrogen) atoms. The lowest BCUT2D eigenvalue weighted by Gasteiger charge is -2.20. The highest BCUT2D eigenvalue weighted by Crippen LogP contribution is 2.27. The lowest BCUT2D eigenvalue weighted by atomic mass is 9.81. The van der Waals surface area contributed by atoms with Gasteiger partial charge < -0.3 is 4.79 Å². The van der Waals surface area contributed by atoms with E-state index < -0.39 is 0 Å². The highest BCUT2D eigenvalue weighted by atomic mass is 16.1. The molecule has 0 aromatic rings. The van der Waals surface area contributed by atoms with Crippen molar-refractivity contribution in [2.75, 3.05) is 0 Å². The first-order valence-electron chi connectivity index (χ1n) is 3.73. The first-order valence-corrected chi connectivity index (χ1v) is 3.73. The van der Waals surface area contributed by atoms with E-state index in [4.69, 9.17) is 5.26 Å². The molecule has 1 aliphatic rings. The normalized spacial score (nSPS) is 32.7. The highest BCUT2D eigenvalue weighted by Gasteiger charge is 2.23. The van der Waals surface area contributed by atoms with E-state index in [9.17, 15) is 4.79 Å². The summed E-state index contributed by atoms with van der Waals surface area (Å²) in [6, 6.07) is 2.17. The summed E-state index contributed by atoms with van der Waals surface area (Å²) < 4.78 is 0. The van der Waals surface area contributed by atoms with Gasteiger partial charge in [0.2, 0.25) is 0 Å². The predicted molar refractivity (Wildman–Crippen MR) is 37.1 cm³/mol. The zero-order valence-corrected chi connectivity index (χ0v) is 5.92. The highest BCUT2D eigenvalue weighted by molar-refractivity contribution is 5.55. The number of carbonyl (C=O) groups is 1. The molecular weight excluding hydrogens is 126 g/mol. The molecule has 0 aliphatic heterocycles. The summed E-state index contributed by atoms with van der Waals surface area (Å²) in [6.45, 7) is 0. The summed E-state index contributed by atoms with van der Waals surface area (Å²) in [4.78, 5) is 10.4. The smallest absolute Gasteiger partial charge is 0.124 e. The zero-order chi connectivity index (χ0) is 7.40. The lowest BCUT2D eigenvalue weighted by molar-refractivity contribution is -0.112. The van der Waals surface area contributed by atoms with Gasteiger partial charge in [0.25, 0.3) is 0 Å². The van der Waals surface area contributed by atoms with Crippen LogP contribution in [0.4, 0.5) is 0 Å². The van der Waals surface area contributed by atoms with E-state index >= 15 is 0 Å². The number of hydrogen-bond donors (Lipinski definition) is 0. The molecule has 1 fully saturated rings. The van der Waals surface area contributed by atoms with Crippen molar-refractivity contribution < 1.29 is 4.79 Å². The Morgan fingerprint density at radius 1 is 1.40 bits per heavy atom. The molecule has 0 bridgehead atoms. The van der Waals surface area contributed by atoms with Gasteiger partial charge in [-0.3, -0.25) is 0 Å². The number of carbonyl (C=O) groups excluding carboxylic acids is 1. The van der Waals surface area contributed by atoms with Gasteiger partial charge in [-0.15, -0.1) is 0 Å². The Morgan fingerprint density at radius 2 is 2.10 bits per heavy atom. The minimum absolute atomic E-state index is 0.00579. The van der Waals surface area contributed by atoms with Crippen LogP contribution in [0.25, 0.3) is 0 Å². The van der Waals surface area contributed by atoms with Gasteiger partial charge in [-0.25, -0.2) is 0 Å². The molecule has 0 aromatic carbocycles. The van der Waals surface area contributed by atoms with Gasteiger partial charge in [0.15, 0.2) is 0 Å². The van der Waals surface area contributed by atoms with Crippen LogP contribution in [0.3, 0.4) is 0 Å². The van der Waals surface area contributed by atoms with E-state index in [0.29, 0.717) is 0 Å². The fourth-order valence-electron chi connectivity index (χ4n) is 1.48. The Labute approximate surface area is 60.8 Å². The van der Waals surface area contributed by atoms with Crippen LogP contribution in [0.5, 0.6) is 0 Å². The molecule has 2 nitrogen and oxygen atoms in total. The molecule has 0 aromatic heterocycles. The van der Waals surface area contributed by atoms with Crippen LogP contribution < -0.4 is 0 Å². The molecule has 1 saturated carbocycles. The van der Waals surface area contributed by atoms with E-state index in [2.05, 4.69) is 6.07 Å². The molecule has 2 unspecified atom stereocenters. The second kappa shape index (κ2) is 3.36. The van der Waals surface area contributed by atoms with Gasteiger partial charge in [-0.2, -0.15) is 5.26 Å². The molecule has 0 heterocycles. The van der Waals surface area contributed by atoms with Gasteiger partial charge >= 0.3 is 0 Å². The van der Waals surface area contributed by atoms with Crippen LogP contribution in [0.15, 0.2) is 0 Å². The first-order chi connectivity index (χ1) is 4.88. The third-order valence-electron chi connectivity index (χ3n) is 2.16. The molecule has 0 amide bonds. The molecule has 2 heteroatoms. The predicted octanol–water partition coefficient (Wildman–Crippen LogP) is 1.52. The first kappa shape index (κ1) is 7.27. The van der Waals surface area contributed by atoms with Gasteiger partial charge in [0.1, 0.15) is 6.29 Å². The average molecular weight is 137 g/mol. The summed E-state index contributed by atoms with van der Waals surface area (Å²) in [5.74, 6) is 0.0324. The monoisotopic (exact) mass is 137 g/mol. The maximum atomic E-state index is 10.4. The fourth-order valence-corrected chi connectivity index (χ4v) is 1.48. The van der Waals surface area contributed by atoms with E-state index in [-0.39, 0.29) is 11.8 Å². The van der Waals surface area contributed by atoms with Gasteiger partial charge in [-0.05, 0) is 12.8 Å². The van der Waals surface area contributed by atoms with Gasteiger partial charge in [-0.1, -0.05) is 12.8 Å². The van der Waals surface area contributed by atoms with Crippen molar-refractivity contribution in [3.63, 3.8) is 0 Å².